The molecule has 0 bridgehead atoms. The van der Waals surface area contributed by atoms with E-state index < -0.39 is 0 Å². The summed E-state index contributed by atoms with van der Waals surface area (Å²) in [7, 11) is 1.48. The molecule has 120 valence electrons. The topological polar surface area (TPSA) is 66.1 Å². The van der Waals surface area contributed by atoms with Crippen LogP contribution < -0.4 is 4.74 Å². The number of hydrogen-bond donors (Lipinski definition) is 1. The third-order valence-corrected chi connectivity index (χ3v) is 5.78. The van der Waals surface area contributed by atoms with Crippen molar-refractivity contribution in [2.45, 2.75) is 4.34 Å². The summed E-state index contributed by atoms with van der Waals surface area (Å²) in [6.45, 7) is 0. The monoisotopic (exact) mass is 418 g/mol. The number of benzene rings is 2. The second kappa shape index (κ2) is 7.26. The quantitative estimate of drug-likeness (QED) is 0.451. The third kappa shape index (κ3) is 3.56. The van der Waals surface area contributed by atoms with Gasteiger partial charge in [-0.1, -0.05) is 12.1 Å². The van der Waals surface area contributed by atoms with Gasteiger partial charge in [0.15, 0.2) is 15.8 Å². The number of phenols is 1. The standard InChI is InChI=1S/C17H11BrN2O2S2/c1-22-14-8-10(7-12(18)16(14)21)6-11(9-19)23-17-20-13-4-2-3-5-15(13)24-17/h2-8,21H,1H3/b11-6+. The van der Waals surface area contributed by atoms with Crippen molar-refractivity contribution in [3.05, 3.63) is 51.3 Å². The lowest BCUT2D eigenvalue weighted by Crippen LogP contribution is -1.86. The number of nitrogens with zero attached hydrogens (tertiary/aromatic N) is 2. The van der Waals surface area contributed by atoms with Gasteiger partial charge in [-0.15, -0.1) is 11.3 Å². The average Bonchev–Trinajstić information content (AvgIpc) is 2.99. The van der Waals surface area contributed by atoms with Crippen molar-refractivity contribution in [3.63, 3.8) is 0 Å². The van der Waals surface area contributed by atoms with E-state index in [1.165, 1.54) is 18.9 Å². The fraction of sp³-hybridized carbons (Fsp3) is 0.0588. The van der Waals surface area contributed by atoms with Gasteiger partial charge < -0.3 is 9.84 Å². The second-order valence-electron chi connectivity index (χ2n) is 4.72. The first kappa shape index (κ1) is 16.8. The third-order valence-electron chi connectivity index (χ3n) is 3.15. The zero-order valence-corrected chi connectivity index (χ0v) is 15.7. The van der Waals surface area contributed by atoms with Gasteiger partial charge in [0.2, 0.25) is 0 Å². The van der Waals surface area contributed by atoms with Crippen LogP contribution in [-0.2, 0) is 0 Å². The number of phenolic OH excluding ortho intramolecular Hbond substituents is 1. The summed E-state index contributed by atoms with van der Waals surface area (Å²) >= 11 is 6.15. The van der Waals surface area contributed by atoms with Crippen LogP contribution in [0.3, 0.4) is 0 Å². The molecule has 1 aromatic heterocycles. The highest BCUT2D eigenvalue weighted by Crippen LogP contribution is 2.38. The zero-order valence-electron chi connectivity index (χ0n) is 12.5. The maximum absolute atomic E-state index is 9.86. The molecule has 0 atom stereocenters. The maximum Gasteiger partial charge on any atom is 0.172 e. The van der Waals surface area contributed by atoms with Crippen molar-refractivity contribution in [2.24, 2.45) is 0 Å². The molecule has 2 aromatic carbocycles. The fourth-order valence-electron chi connectivity index (χ4n) is 2.06. The van der Waals surface area contributed by atoms with E-state index in [9.17, 15) is 10.4 Å². The van der Waals surface area contributed by atoms with Gasteiger partial charge in [-0.2, -0.15) is 5.26 Å². The molecule has 7 heteroatoms. The number of methoxy groups -OCH3 is 1. The van der Waals surface area contributed by atoms with E-state index >= 15 is 0 Å². The van der Waals surface area contributed by atoms with Crippen molar-refractivity contribution in [2.75, 3.05) is 7.11 Å². The highest BCUT2D eigenvalue weighted by atomic mass is 79.9. The normalized spacial score (nSPS) is 11.5. The van der Waals surface area contributed by atoms with Gasteiger partial charge in [0.1, 0.15) is 6.07 Å². The Morgan fingerprint density at radius 1 is 1.42 bits per heavy atom. The van der Waals surface area contributed by atoms with Gasteiger partial charge in [0.25, 0.3) is 0 Å². The van der Waals surface area contributed by atoms with Gasteiger partial charge in [-0.3, -0.25) is 0 Å². The summed E-state index contributed by atoms with van der Waals surface area (Å²) in [5.74, 6) is 0.380. The number of ether oxygens (including phenoxy) is 1. The maximum atomic E-state index is 9.86. The number of fused-ring (bicyclic) bond motifs is 1. The Kier molecular flexibility index (Phi) is 5.09. The molecule has 0 aliphatic carbocycles. The van der Waals surface area contributed by atoms with Crippen molar-refractivity contribution in [1.29, 1.82) is 5.26 Å². The molecule has 3 aromatic rings. The second-order valence-corrected chi connectivity index (χ2v) is 7.90. The van der Waals surface area contributed by atoms with Crippen LogP contribution in [0, 0.1) is 11.3 Å². The van der Waals surface area contributed by atoms with Crippen LogP contribution in [0.25, 0.3) is 16.3 Å². The predicted molar refractivity (Wildman–Crippen MR) is 101 cm³/mol. The number of aromatic hydroxyl groups is 1. The predicted octanol–water partition coefficient (Wildman–Crippen LogP) is 5.43. The number of para-hydroxylation sites is 1. The van der Waals surface area contributed by atoms with Crippen LogP contribution in [0.15, 0.2) is 50.1 Å². The molecule has 0 aliphatic rings. The summed E-state index contributed by atoms with van der Waals surface area (Å²) in [5.41, 5.74) is 1.68. The molecule has 3 rings (SSSR count). The molecule has 0 fully saturated rings. The lowest BCUT2D eigenvalue weighted by atomic mass is 10.2. The van der Waals surface area contributed by atoms with Gasteiger partial charge in [-0.05, 0) is 63.6 Å². The molecule has 0 amide bonds. The summed E-state index contributed by atoms with van der Waals surface area (Å²) in [6.07, 6.45) is 1.74. The summed E-state index contributed by atoms with van der Waals surface area (Å²) in [6, 6.07) is 13.5. The first-order valence-electron chi connectivity index (χ1n) is 6.82. The number of rotatable bonds is 4. The van der Waals surface area contributed by atoms with E-state index in [1.807, 2.05) is 24.3 Å². The summed E-state index contributed by atoms with van der Waals surface area (Å²) in [5, 5.41) is 19.3. The number of thiazole rings is 1. The molecule has 0 saturated carbocycles. The number of hydrogen-bond acceptors (Lipinski definition) is 6. The Hall–Kier alpha value is -2.01. The van der Waals surface area contributed by atoms with E-state index in [1.54, 1.807) is 29.5 Å². The van der Waals surface area contributed by atoms with Gasteiger partial charge in [0, 0.05) is 0 Å². The lowest BCUT2D eigenvalue weighted by Gasteiger charge is -2.06. The van der Waals surface area contributed by atoms with Gasteiger partial charge in [0.05, 0.1) is 26.7 Å². The lowest BCUT2D eigenvalue weighted by molar-refractivity contribution is 0.372. The van der Waals surface area contributed by atoms with Crippen LogP contribution >= 0.6 is 39.0 Å². The molecule has 0 radical (unpaired) electrons. The van der Waals surface area contributed by atoms with E-state index in [0.29, 0.717) is 15.1 Å². The minimum absolute atomic E-state index is 0.0342. The van der Waals surface area contributed by atoms with Crippen LogP contribution in [-0.4, -0.2) is 17.2 Å². The number of aromatic nitrogens is 1. The highest BCUT2D eigenvalue weighted by molar-refractivity contribution is 9.10. The van der Waals surface area contributed by atoms with Crippen LogP contribution in [0.5, 0.6) is 11.5 Å². The first-order chi connectivity index (χ1) is 11.6. The van der Waals surface area contributed by atoms with Gasteiger partial charge >= 0.3 is 0 Å². The SMILES string of the molecule is COc1cc(/C=C(\C#N)Sc2nc3ccccc3s2)cc(Br)c1O. The molecule has 24 heavy (non-hydrogen) atoms. The molecule has 0 saturated heterocycles. The Morgan fingerprint density at radius 2 is 2.21 bits per heavy atom. The van der Waals surface area contributed by atoms with Gasteiger partial charge in [-0.25, -0.2) is 4.98 Å². The fourth-order valence-corrected chi connectivity index (χ4v) is 4.49. The number of allylic oxidation sites excluding steroid dienone is 1. The van der Waals surface area contributed by atoms with Crippen LogP contribution in [0.1, 0.15) is 5.56 Å². The van der Waals surface area contributed by atoms with E-state index in [4.69, 9.17) is 4.74 Å². The molecule has 1 heterocycles. The van der Waals surface area contributed by atoms with Crippen molar-refractivity contribution < 1.29 is 9.84 Å². The number of halogens is 1. The number of thioether (sulfide) groups is 1. The summed E-state index contributed by atoms with van der Waals surface area (Å²) < 4.78 is 7.54. The Balaban J connectivity index is 1.92. The Morgan fingerprint density at radius 3 is 2.92 bits per heavy atom. The summed E-state index contributed by atoms with van der Waals surface area (Å²) in [4.78, 5) is 5.03. The van der Waals surface area contributed by atoms with E-state index in [-0.39, 0.29) is 5.75 Å². The molecule has 0 aliphatic heterocycles. The Bertz CT molecular complexity index is 943. The first-order valence-corrected chi connectivity index (χ1v) is 9.25. The molecule has 0 spiro atoms. The van der Waals surface area contributed by atoms with E-state index in [0.717, 1.165) is 20.1 Å². The zero-order chi connectivity index (χ0) is 17.1. The molecular formula is C17H11BrN2O2S2. The largest absolute Gasteiger partial charge is 0.503 e. The van der Waals surface area contributed by atoms with Crippen molar-refractivity contribution in [3.8, 4) is 17.6 Å². The highest BCUT2D eigenvalue weighted by Gasteiger charge is 2.10. The molecule has 0 unspecified atom stereocenters. The molecule has 4 nitrogen and oxygen atoms in total. The van der Waals surface area contributed by atoms with Crippen LogP contribution in [0.4, 0.5) is 0 Å². The van der Waals surface area contributed by atoms with Crippen molar-refractivity contribution in [1.82, 2.24) is 4.98 Å². The Labute approximate surface area is 155 Å². The number of nitriles is 1. The molecule has 1 N–H and O–H groups in total. The van der Waals surface area contributed by atoms with Crippen molar-refractivity contribution >= 4 is 55.3 Å². The minimum Gasteiger partial charge on any atom is -0.503 e. The van der Waals surface area contributed by atoms with E-state index in [2.05, 4.69) is 27.0 Å². The smallest absolute Gasteiger partial charge is 0.172 e. The minimum atomic E-state index is 0.0342. The average molecular weight is 419 g/mol. The molecular weight excluding hydrogens is 408 g/mol. The van der Waals surface area contributed by atoms with Crippen LogP contribution in [0.2, 0.25) is 0 Å².